The zero-order chi connectivity index (χ0) is 13.7. The molecule has 1 aliphatic rings. The Morgan fingerprint density at radius 2 is 1.95 bits per heavy atom. The highest BCUT2D eigenvalue weighted by atomic mass is 32.2. The molecule has 0 aromatic heterocycles. The van der Waals surface area contributed by atoms with Gasteiger partial charge in [0.1, 0.15) is 4.90 Å². The van der Waals surface area contributed by atoms with Crippen molar-refractivity contribution < 1.29 is 8.42 Å². The van der Waals surface area contributed by atoms with Crippen LogP contribution in [0.4, 0.5) is 5.69 Å². The van der Waals surface area contributed by atoms with Crippen LogP contribution in [0.3, 0.4) is 0 Å². The van der Waals surface area contributed by atoms with Crippen LogP contribution in [0, 0.1) is 5.92 Å². The molecule has 1 aromatic carbocycles. The van der Waals surface area contributed by atoms with Crippen molar-refractivity contribution in [1.82, 2.24) is 4.72 Å². The van der Waals surface area contributed by atoms with Gasteiger partial charge in [-0.3, -0.25) is 0 Å². The number of sulfonamides is 1. The van der Waals surface area contributed by atoms with Gasteiger partial charge < -0.3 is 5.32 Å². The molecule has 1 fully saturated rings. The number of rotatable bonds is 8. The summed E-state index contributed by atoms with van der Waals surface area (Å²) in [6, 6.07) is 7.09. The minimum absolute atomic E-state index is 0.347. The highest BCUT2D eigenvalue weighted by Gasteiger charge is 2.21. The van der Waals surface area contributed by atoms with Crippen LogP contribution in [0.2, 0.25) is 0 Å². The summed E-state index contributed by atoms with van der Waals surface area (Å²) in [5.41, 5.74) is 0.701. The number of para-hydroxylation sites is 1. The summed E-state index contributed by atoms with van der Waals surface area (Å²) in [7, 11) is -3.40. The molecule has 0 heterocycles. The normalized spacial score (nSPS) is 15.4. The highest BCUT2D eigenvalue weighted by molar-refractivity contribution is 7.89. The molecule has 2 rings (SSSR count). The Labute approximate surface area is 115 Å². The Morgan fingerprint density at radius 1 is 1.21 bits per heavy atom. The van der Waals surface area contributed by atoms with Crippen molar-refractivity contribution in [3.63, 3.8) is 0 Å². The van der Waals surface area contributed by atoms with Gasteiger partial charge in [-0.15, -0.1) is 0 Å². The third kappa shape index (κ3) is 4.21. The minimum atomic E-state index is -3.40. The van der Waals surface area contributed by atoms with Gasteiger partial charge in [0.05, 0.1) is 5.69 Å². The first-order valence-electron chi connectivity index (χ1n) is 6.96. The second kappa shape index (κ2) is 6.39. The van der Waals surface area contributed by atoms with Crippen molar-refractivity contribution in [1.29, 1.82) is 0 Å². The Balaban J connectivity index is 2.05. The quantitative estimate of drug-likeness (QED) is 0.770. The zero-order valence-electron chi connectivity index (χ0n) is 11.4. The fraction of sp³-hybridized carbons (Fsp3) is 0.571. The predicted molar refractivity (Wildman–Crippen MR) is 77.8 cm³/mol. The molecule has 0 atom stereocenters. The van der Waals surface area contributed by atoms with Crippen LogP contribution < -0.4 is 10.0 Å². The van der Waals surface area contributed by atoms with Crippen molar-refractivity contribution in [3.05, 3.63) is 24.3 Å². The second-order valence-corrected chi connectivity index (χ2v) is 6.79. The van der Waals surface area contributed by atoms with Crippen LogP contribution in [0.25, 0.3) is 0 Å². The van der Waals surface area contributed by atoms with Gasteiger partial charge in [-0.25, -0.2) is 13.1 Å². The Kier molecular flexibility index (Phi) is 4.82. The predicted octanol–water partition coefficient (Wildman–Crippen LogP) is 2.59. The van der Waals surface area contributed by atoms with Crippen LogP contribution in [-0.2, 0) is 10.0 Å². The summed E-state index contributed by atoms with van der Waals surface area (Å²) in [5, 5.41) is 3.25. The van der Waals surface area contributed by atoms with E-state index in [1.54, 1.807) is 12.1 Å². The monoisotopic (exact) mass is 282 g/mol. The first kappa shape index (κ1) is 14.3. The van der Waals surface area contributed by atoms with Gasteiger partial charge >= 0.3 is 0 Å². The van der Waals surface area contributed by atoms with Gasteiger partial charge in [0, 0.05) is 13.1 Å². The number of benzene rings is 1. The molecule has 2 N–H and O–H groups in total. The lowest BCUT2D eigenvalue weighted by molar-refractivity contribution is 0.581. The highest BCUT2D eigenvalue weighted by Crippen LogP contribution is 2.32. The molecule has 0 radical (unpaired) electrons. The molecular weight excluding hydrogens is 260 g/mol. The third-order valence-corrected chi connectivity index (χ3v) is 4.80. The van der Waals surface area contributed by atoms with Gasteiger partial charge in [0.25, 0.3) is 0 Å². The molecule has 0 aliphatic heterocycles. The van der Waals surface area contributed by atoms with Gasteiger partial charge in [-0.05, 0) is 30.9 Å². The summed E-state index contributed by atoms with van der Waals surface area (Å²) < 4.78 is 26.9. The van der Waals surface area contributed by atoms with Gasteiger partial charge in [0.15, 0.2) is 0 Å². The molecular formula is C14H22N2O2S. The van der Waals surface area contributed by atoms with Crippen molar-refractivity contribution >= 4 is 15.7 Å². The van der Waals surface area contributed by atoms with E-state index < -0.39 is 10.0 Å². The van der Waals surface area contributed by atoms with Crippen molar-refractivity contribution in [2.45, 2.75) is 37.5 Å². The molecule has 19 heavy (non-hydrogen) atoms. The maximum Gasteiger partial charge on any atom is 0.242 e. The zero-order valence-corrected chi connectivity index (χ0v) is 12.2. The molecule has 4 nitrogen and oxygen atoms in total. The van der Waals surface area contributed by atoms with E-state index in [0.717, 1.165) is 25.3 Å². The van der Waals surface area contributed by atoms with Gasteiger partial charge in [0.2, 0.25) is 10.0 Å². The summed E-state index contributed by atoms with van der Waals surface area (Å²) in [5.74, 6) is 0.842. The van der Waals surface area contributed by atoms with E-state index in [4.69, 9.17) is 0 Å². The molecule has 0 amide bonds. The summed E-state index contributed by atoms with van der Waals surface area (Å²) in [6.07, 6.45) is 4.55. The van der Waals surface area contributed by atoms with Crippen molar-refractivity contribution in [2.75, 3.05) is 18.4 Å². The van der Waals surface area contributed by atoms with Crippen LogP contribution in [0.5, 0.6) is 0 Å². The molecule has 0 spiro atoms. The van der Waals surface area contributed by atoms with E-state index in [-0.39, 0.29) is 0 Å². The largest absolute Gasteiger partial charge is 0.384 e. The van der Waals surface area contributed by atoms with Crippen LogP contribution in [-0.4, -0.2) is 21.5 Å². The Hall–Kier alpha value is -1.07. The molecule has 0 bridgehead atoms. The average molecular weight is 282 g/mol. The SMILES string of the molecule is CCCNS(=O)(=O)c1ccccc1NCCC1CC1. The van der Waals surface area contributed by atoms with Gasteiger partial charge in [-0.1, -0.05) is 31.9 Å². The van der Waals surface area contributed by atoms with Crippen molar-refractivity contribution in [2.24, 2.45) is 5.92 Å². The molecule has 1 aliphatic carbocycles. The number of nitrogens with one attached hydrogen (secondary N) is 2. The third-order valence-electron chi connectivity index (χ3n) is 3.28. The van der Waals surface area contributed by atoms with E-state index in [1.807, 2.05) is 19.1 Å². The Bertz CT molecular complexity index is 510. The fourth-order valence-electron chi connectivity index (χ4n) is 1.98. The Morgan fingerprint density at radius 3 is 2.63 bits per heavy atom. The summed E-state index contributed by atoms with van der Waals surface area (Å²) in [6.45, 7) is 3.26. The molecule has 106 valence electrons. The molecule has 0 unspecified atom stereocenters. The van der Waals surface area contributed by atoms with Crippen LogP contribution in [0.15, 0.2) is 29.2 Å². The topological polar surface area (TPSA) is 58.2 Å². The summed E-state index contributed by atoms with van der Waals surface area (Å²) in [4.78, 5) is 0.347. The smallest absolute Gasteiger partial charge is 0.242 e. The number of anilines is 1. The van der Waals surface area contributed by atoms with E-state index in [9.17, 15) is 8.42 Å². The van der Waals surface area contributed by atoms with Crippen LogP contribution in [0.1, 0.15) is 32.6 Å². The fourth-order valence-corrected chi connectivity index (χ4v) is 3.29. The average Bonchev–Trinajstić information content (AvgIpc) is 3.21. The molecule has 5 heteroatoms. The van der Waals surface area contributed by atoms with Crippen LogP contribution >= 0.6 is 0 Å². The van der Waals surface area contributed by atoms with Gasteiger partial charge in [-0.2, -0.15) is 0 Å². The van der Waals surface area contributed by atoms with E-state index in [0.29, 0.717) is 17.1 Å². The molecule has 0 saturated heterocycles. The lowest BCUT2D eigenvalue weighted by Gasteiger charge is -2.12. The maximum absolute atomic E-state index is 12.2. The standard InChI is InChI=1S/C14H22N2O2S/c1-2-10-16-19(17,18)14-6-4-3-5-13(14)15-11-9-12-7-8-12/h3-6,12,15-16H,2,7-11H2,1H3. The van der Waals surface area contributed by atoms with E-state index >= 15 is 0 Å². The van der Waals surface area contributed by atoms with E-state index in [1.165, 1.54) is 12.8 Å². The second-order valence-electron chi connectivity index (χ2n) is 5.05. The lowest BCUT2D eigenvalue weighted by atomic mass is 10.2. The van der Waals surface area contributed by atoms with Crippen molar-refractivity contribution in [3.8, 4) is 0 Å². The maximum atomic E-state index is 12.2. The lowest BCUT2D eigenvalue weighted by Crippen LogP contribution is -2.25. The summed E-state index contributed by atoms with van der Waals surface area (Å²) >= 11 is 0. The minimum Gasteiger partial charge on any atom is -0.384 e. The molecule has 1 aromatic rings. The first-order valence-corrected chi connectivity index (χ1v) is 8.44. The molecule has 1 saturated carbocycles. The first-order chi connectivity index (χ1) is 9.13. The number of hydrogen-bond donors (Lipinski definition) is 2. The van der Waals surface area contributed by atoms with E-state index in [2.05, 4.69) is 10.0 Å². The number of hydrogen-bond acceptors (Lipinski definition) is 3.